The number of hydrogen-bond donors (Lipinski definition) is 1. The summed E-state index contributed by atoms with van der Waals surface area (Å²) in [7, 11) is -3.33. The second kappa shape index (κ2) is 6.78. The van der Waals surface area contributed by atoms with Gasteiger partial charge in [-0.2, -0.15) is 0 Å². The summed E-state index contributed by atoms with van der Waals surface area (Å²) < 4.78 is 23.3. The molecule has 1 N–H and O–H groups in total. The third-order valence-electron chi connectivity index (χ3n) is 3.51. The van der Waals surface area contributed by atoms with Crippen molar-refractivity contribution in [2.24, 2.45) is 0 Å². The summed E-state index contributed by atoms with van der Waals surface area (Å²) in [6.45, 7) is 1.85. The van der Waals surface area contributed by atoms with Gasteiger partial charge in [0.25, 0.3) is 5.91 Å². The van der Waals surface area contributed by atoms with E-state index in [4.69, 9.17) is 0 Å². The molecule has 0 unspecified atom stereocenters. The van der Waals surface area contributed by atoms with Crippen molar-refractivity contribution in [2.75, 3.05) is 11.6 Å². The van der Waals surface area contributed by atoms with Gasteiger partial charge in [0.1, 0.15) is 4.88 Å². The van der Waals surface area contributed by atoms with Gasteiger partial charge in [0.2, 0.25) is 0 Å². The van der Waals surface area contributed by atoms with E-state index in [1.54, 1.807) is 12.1 Å². The molecule has 0 bridgehead atoms. The number of nitrogens with one attached hydrogen (secondary N) is 1. The highest BCUT2D eigenvalue weighted by Gasteiger charge is 2.18. The lowest BCUT2D eigenvalue weighted by Gasteiger charge is -2.07. The molecule has 0 saturated heterocycles. The first-order valence-corrected chi connectivity index (χ1v) is 10.2. The Morgan fingerprint density at radius 3 is 2.48 bits per heavy atom. The number of aromatic nitrogens is 1. The molecular formula is C18H16N2O3S2. The molecule has 7 heteroatoms. The first kappa shape index (κ1) is 17.3. The number of nitrogens with zero attached hydrogens (tertiary/aromatic N) is 1. The Labute approximate surface area is 150 Å². The Bertz CT molecular complexity index is 1030. The van der Waals surface area contributed by atoms with Gasteiger partial charge in [-0.1, -0.05) is 36.4 Å². The standard InChI is InChI=1S/C18H16N2O3S2/c1-12-19-16(13-7-4-3-5-8-13)17(24-12)18(21)20-14-9-6-10-15(11-14)25(2,22)23/h3-11H,1-2H3,(H,20,21). The summed E-state index contributed by atoms with van der Waals surface area (Å²) >= 11 is 1.30. The van der Waals surface area contributed by atoms with Gasteiger partial charge in [-0.15, -0.1) is 11.3 Å². The Hall–Kier alpha value is -2.51. The molecule has 0 aliphatic carbocycles. The minimum atomic E-state index is -3.33. The van der Waals surface area contributed by atoms with Crippen molar-refractivity contribution < 1.29 is 13.2 Å². The minimum Gasteiger partial charge on any atom is -0.321 e. The topological polar surface area (TPSA) is 76.1 Å². The average molecular weight is 372 g/mol. The van der Waals surface area contributed by atoms with Crippen molar-refractivity contribution in [3.05, 3.63) is 64.5 Å². The minimum absolute atomic E-state index is 0.161. The van der Waals surface area contributed by atoms with Crippen molar-refractivity contribution in [3.63, 3.8) is 0 Å². The highest BCUT2D eigenvalue weighted by atomic mass is 32.2. The van der Waals surface area contributed by atoms with Gasteiger partial charge in [-0.3, -0.25) is 4.79 Å². The predicted octanol–water partition coefficient (Wildman–Crippen LogP) is 3.77. The molecule has 0 radical (unpaired) electrons. The molecule has 3 aromatic rings. The quantitative estimate of drug-likeness (QED) is 0.756. The zero-order valence-corrected chi connectivity index (χ0v) is 15.3. The molecule has 25 heavy (non-hydrogen) atoms. The number of carbonyl (C=O) groups is 1. The van der Waals surface area contributed by atoms with E-state index < -0.39 is 9.84 Å². The van der Waals surface area contributed by atoms with Crippen LogP contribution in [0.25, 0.3) is 11.3 Å². The van der Waals surface area contributed by atoms with Gasteiger partial charge in [-0.05, 0) is 25.1 Å². The van der Waals surface area contributed by atoms with Crippen LogP contribution < -0.4 is 5.32 Å². The first-order valence-electron chi connectivity index (χ1n) is 7.49. The van der Waals surface area contributed by atoms with Crippen LogP contribution in [0.2, 0.25) is 0 Å². The number of rotatable bonds is 4. The second-order valence-corrected chi connectivity index (χ2v) is 8.75. The van der Waals surface area contributed by atoms with E-state index in [9.17, 15) is 13.2 Å². The number of amides is 1. The summed E-state index contributed by atoms with van der Waals surface area (Å²) in [5.41, 5.74) is 1.92. The molecule has 0 aliphatic rings. The highest BCUT2D eigenvalue weighted by molar-refractivity contribution is 7.90. The Morgan fingerprint density at radius 2 is 1.80 bits per heavy atom. The first-order chi connectivity index (χ1) is 11.8. The van der Waals surface area contributed by atoms with Crippen molar-refractivity contribution in [1.82, 2.24) is 4.98 Å². The summed E-state index contributed by atoms with van der Waals surface area (Å²) in [5, 5.41) is 3.55. The molecule has 1 heterocycles. The summed E-state index contributed by atoms with van der Waals surface area (Å²) in [6.07, 6.45) is 1.13. The molecule has 3 rings (SSSR count). The SMILES string of the molecule is Cc1nc(-c2ccccc2)c(C(=O)Nc2cccc(S(C)(=O)=O)c2)s1. The lowest BCUT2D eigenvalue weighted by atomic mass is 10.1. The van der Waals surface area contributed by atoms with E-state index in [-0.39, 0.29) is 10.8 Å². The van der Waals surface area contributed by atoms with Gasteiger partial charge in [-0.25, -0.2) is 13.4 Å². The van der Waals surface area contributed by atoms with Crippen molar-refractivity contribution in [1.29, 1.82) is 0 Å². The highest BCUT2D eigenvalue weighted by Crippen LogP contribution is 2.29. The van der Waals surface area contributed by atoms with Crippen LogP contribution in [-0.4, -0.2) is 25.6 Å². The number of aryl methyl sites for hydroxylation is 1. The second-order valence-electron chi connectivity index (χ2n) is 5.53. The lowest BCUT2D eigenvalue weighted by Crippen LogP contribution is -2.12. The Morgan fingerprint density at radius 1 is 1.08 bits per heavy atom. The maximum Gasteiger partial charge on any atom is 0.268 e. The fraction of sp³-hybridized carbons (Fsp3) is 0.111. The molecule has 0 fully saturated rings. The molecule has 0 spiro atoms. The largest absolute Gasteiger partial charge is 0.321 e. The van der Waals surface area contributed by atoms with E-state index in [2.05, 4.69) is 10.3 Å². The van der Waals surface area contributed by atoms with E-state index in [1.165, 1.54) is 23.5 Å². The number of carbonyl (C=O) groups excluding carboxylic acids is 1. The fourth-order valence-electron chi connectivity index (χ4n) is 2.36. The summed E-state index contributed by atoms with van der Waals surface area (Å²) in [4.78, 5) is 17.8. The third kappa shape index (κ3) is 3.94. The van der Waals surface area contributed by atoms with E-state index in [0.29, 0.717) is 16.3 Å². The fourth-order valence-corrected chi connectivity index (χ4v) is 3.87. The number of anilines is 1. The normalized spacial score (nSPS) is 11.3. The maximum atomic E-state index is 12.7. The number of hydrogen-bond acceptors (Lipinski definition) is 5. The number of benzene rings is 2. The van der Waals surface area contributed by atoms with Crippen LogP contribution in [0.5, 0.6) is 0 Å². The third-order valence-corrected chi connectivity index (χ3v) is 5.59. The van der Waals surface area contributed by atoms with Crippen LogP contribution in [0, 0.1) is 6.92 Å². The maximum absolute atomic E-state index is 12.7. The van der Waals surface area contributed by atoms with Crippen LogP contribution in [0.3, 0.4) is 0 Å². The molecule has 5 nitrogen and oxygen atoms in total. The van der Waals surface area contributed by atoms with Crippen LogP contribution in [0.1, 0.15) is 14.7 Å². The van der Waals surface area contributed by atoms with E-state index >= 15 is 0 Å². The van der Waals surface area contributed by atoms with Crippen LogP contribution >= 0.6 is 11.3 Å². The van der Waals surface area contributed by atoms with Crippen molar-refractivity contribution in [3.8, 4) is 11.3 Å². The molecule has 128 valence electrons. The zero-order chi connectivity index (χ0) is 18.0. The molecule has 0 atom stereocenters. The molecule has 1 amide bonds. The monoisotopic (exact) mass is 372 g/mol. The van der Waals surface area contributed by atoms with Gasteiger partial charge < -0.3 is 5.32 Å². The van der Waals surface area contributed by atoms with Gasteiger partial charge in [0, 0.05) is 17.5 Å². The average Bonchev–Trinajstić information content (AvgIpc) is 2.97. The lowest BCUT2D eigenvalue weighted by molar-refractivity contribution is 0.103. The molecule has 0 saturated carbocycles. The molecule has 0 aliphatic heterocycles. The van der Waals surface area contributed by atoms with Crippen molar-refractivity contribution in [2.45, 2.75) is 11.8 Å². The van der Waals surface area contributed by atoms with Gasteiger partial charge in [0.05, 0.1) is 15.6 Å². The molecule has 2 aromatic carbocycles. The van der Waals surface area contributed by atoms with Crippen molar-refractivity contribution >= 4 is 32.8 Å². The van der Waals surface area contributed by atoms with E-state index in [0.717, 1.165) is 16.8 Å². The van der Waals surface area contributed by atoms with Gasteiger partial charge >= 0.3 is 0 Å². The predicted molar refractivity (Wildman–Crippen MR) is 99.8 cm³/mol. The Kier molecular flexibility index (Phi) is 4.69. The smallest absolute Gasteiger partial charge is 0.268 e. The molecular weight excluding hydrogens is 356 g/mol. The Balaban J connectivity index is 1.93. The summed E-state index contributed by atoms with van der Waals surface area (Å²) in [5.74, 6) is -0.310. The van der Waals surface area contributed by atoms with Crippen LogP contribution in [0.4, 0.5) is 5.69 Å². The van der Waals surface area contributed by atoms with Crippen LogP contribution in [0.15, 0.2) is 59.5 Å². The summed E-state index contributed by atoms with van der Waals surface area (Å²) in [6, 6.07) is 15.7. The number of sulfone groups is 1. The van der Waals surface area contributed by atoms with Crippen LogP contribution in [-0.2, 0) is 9.84 Å². The molecule has 1 aromatic heterocycles. The van der Waals surface area contributed by atoms with E-state index in [1.807, 2.05) is 37.3 Å². The number of thiazole rings is 1. The van der Waals surface area contributed by atoms with Gasteiger partial charge in [0.15, 0.2) is 9.84 Å². The zero-order valence-electron chi connectivity index (χ0n) is 13.7.